The van der Waals surface area contributed by atoms with Crippen molar-refractivity contribution < 1.29 is 27.4 Å². The van der Waals surface area contributed by atoms with Gasteiger partial charge in [-0.2, -0.15) is 0 Å². The van der Waals surface area contributed by atoms with E-state index >= 15 is 0 Å². The fourth-order valence-electron chi connectivity index (χ4n) is 2.79. The monoisotopic (exact) mass is 302 g/mol. The van der Waals surface area contributed by atoms with Gasteiger partial charge in [0, 0.05) is 25.7 Å². The van der Waals surface area contributed by atoms with Gasteiger partial charge in [0.15, 0.2) is 0 Å². The molecule has 8 heteroatoms. The highest BCUT2D eigenvalue weighted by Gasteiger charge is 2.43. The summed E-state index contributed by atoms with van der Waals surface area (Å²) in [5.41, 5.74) is 0.479. The van der Waals surface area contributed by atoms with Crippen LogP contribution in [-0.4, -0.2) is 43.9 Å². The Hall–Kier alpha value is -1.96. The molecule has 0 radical (unpaired) electrons. The van der Waals surface area contributed by atoms with Crippen molar-refractivity contribution in [1.82, 2.24) is 10.2 Å². The van der Waals surface area contributed by atoms with Crippen LogP contribution in [0, 0.1) is 0 Å². The minimum atomic E-state index is -4.86. The number of carbonyl (C=O) groups excluding carboxylic acids is 1. The van der Waals surface area contributed by atoms with Crippen molar-refractivity contribution in [1.29, 1.82) is 0 Å². The average molecular weight is 302 g/mol. The zero-order chi connectivity index (χ0) is 15.2. The summed E-state index contributed by atoms with van der Waals surface area (Å²) in [6.07, 6.45) is -4.86. The lowest BCUT2D eigenvalue weighted by Crippen LogP contribution is -2.44. The van der Waals surface area contributed by atoms with Crippen LogP contribution in [0.5, 0.6) is 11.5 Å². The summed E-state index contributed by atoms with van der Waals surface area (Å²) in [5.74, 6) is -0.706. The van der Waals surface area contributed by atoms with Crippen LogP contribution in [0.15, 0.2) is 12.1 Å². The largest absolute Gasteiger partial charge is 0.573 e. The van der Waals surface area contributed by atoms with Crippen molar-refractivity contribution in [3.8, 4) is 11.5 Å². The van der Waals surface area contributed by atoms with Crippen LogP contribution in [0.25, 0.3) is 0 Å². The molecule has 1 atom stereocenters. The van der Waals surface area contributed by atoms with E-state index in [0.29, 0.717) is 25.2 Å². The number of carbonyl (C=O) groups is 1. The molecular weight excluding hydrogens is 289 g/mol. The van der Waals surface area contributed by atoms with Gasteiger partial charge in [0.2, 0.25) is 0 Å². The molecule has 0 bridgehead atoms. The van der Waals surface area contributed by atoms with Crippen molar-refractivity contribution >= 4 is 5.91 Å². The first-order valence-corrected chi connectivity index (χ1v) is 6.40. The van der Waals surface area contributed by atoms with Gasteiger partial charge in [0.25, 0.3) is 5.91 Å². The number of hydrogen-bond donors (Lipinski definition) is 1. The van der Waals surface area contributed by atoms with Crippen LogP contribution in [0.2, 0.25) is 0 Å². The standard InChI is InChI=1S/C13H13F3N2O3/c1-20-7-4-8-9-6-17-2-3-18(9)12(19)11(8)10(5-7)21-13(14,15)16/h4-5,9,17H,2-3,6H2,1H3/t9-/m1/s1. The van der Waals surface area contributed by atoms with E-state index < -0.39 is 18.0 Å². The van der Waals surface area contributed by atoms with Crippen LogP contribution in [0.3, 0.4) is 0 Å². The summed E-state index contributed by atoms with van der Waals surface area (Å²) < 4.78 is 46.7. The van der Waals surface area contributed by atoms with E-state index in [0.717, 1.165) is 6.07 Å². The highest BCUT2D eigenvalue weighted by atomic mass is 19.4. The lowest BCUT2D eigenvalue weighted by Gasteiger charge is -2.30. The Bertz CT molecular complexity index is 589. The Morgan fingerprint density at radius 2 is 2.14 bits per heavy atom. The van der Waals surface area contributed by atoms with E-state index in [1.54, 1.807) is 11.0 Å². The first kappa shape index (κ1) is 14.0. The van der Waals surface area contributed by atoms with Gasteiger partial charge in [0.1, 0.15) is 11.5 Å². The third kappa shape index (κ3) is 2.39. The number of amides is 1. The number of hydrogen-bond acceptors (Lipinski definition) is 4. The van der Waals surface area contributed by atoms with Gasteiger partial charge >= 0.3 is 6.36 Å². The van der Waals surface area contributed by atoms with Crippen molar-refractivity contribution in [2.45, 2.75) is 12.4 Å². The third-order valence-corrected chi connectivity index (χ3v) is 3.64. The van der Waals surface area contributed by atoms with Gasteiger partial charge < -0.3 is 19.7 Å². The molecule has 3 rings (SSSR count). The first-order valence-electron chi connectivity index (χ1n) is 6.40. The Morgan fingerprint density at radius 1 is 1.38 bits per heavy atom. The predicted octanol–water partition coefficient (Wildman–Crippen LogP) is 1.69. The number of alkyl halides is 3. The second kappa shape index (κ2) is 4.80. The maximum absolute atomic E-state index is 12.5. The molecule has 0 saturated carbocycles. The highest BCUT2D eigenvalue weighted by molar-refractivity contribution is 6.02. The molecule has 0 aromatic heterocycles. The Labute approximate surface area is 118 Å². The maximum Gasteiger partial charge on any atom is 0.573 e. The average Bonchev–Trinajstić information content (AvgIpc) is 2.71. The Morgan fingerprint density at radius 3 is 2.81 bits per heavy atom. The second-order valence-corrected chi connectivity index (χ2v) is 4.86. The van der Waals surface area contributed by atoms with E-state index in [-0.39, 0.29) is 17.4 Å². The Balaban J connectivity index is 2.11. The molecule has 1 aromatic rings. The third-order valence-electron chi connectivity index (χ3n) is 3.64. The predicted molar refractivity (Wildman–Crippen MR) is 66.3 cm³/mol. The fraction of sp³-hybridized carbons (Fsp3) is 0.462. The maximum atomic E-state index is 12.5. The lowest BCUT2D eigenvalue weighted by atomic mass is 10.0. The summed E-state index contributed by atoms with van der Waals surface area (Å²) in [5, 5.41) is 3.13. The molecule has 0 spiro atoms. The number of fused-ring (bicyclic) bond motifs is 3. The molecule has 0 unspecified atom stereocenters. The highest BCUT2D eigenvalue weighted by Crippen LogP contribution is 2.43. The van der Waals surface area contributed by atoms with Crippen molar-refractivity contribution in [3.63, 3.8) is 0 Å². The van der Waals surface area contributed by atoms with Gasteiger partial charge in [-0.3, -0.25) is 4.79 Å². The number of benzene rings is 1. The minimum absolute atomic E-state index is 0.0261. The van der Waals surface area contributed by atoms with Crippen LogP contribution >= 0.6 is 0 Å². The van der Waals surface area contributed by atoms with E-state index in [9.17, 15) is 18.0 Å². The molecule has 2 heterocycles. The topological polar surface area (TPSA) is 50.8 Å². The number of nitrogens with one attached hydrogen (secondary N) is 1. The summed E-state index contributed by atoms with van der Waals surface area (Å²) in [6.45, 7) is 1.56. The number of piperazine rings is 1. The molecule has 2 aliphatic rings. The number of rotatable bonds is 2. The smallest absolute Gasteiger partial charge is 0.497 e. The molecule has 1 aromatic carbocycles. The number of halogens is 3. The summed E-state index contributed by atoms with van der Waals surface area (Å²) in [4.78, 5) is 13.9. The van der Waals surface area contributed by atoms with Crippen LogP contribution in [0.1, 0.15) is 22.0 Å². The van der Waals surface area contributed by atoms with E-state index in [4.69, 9.17) is 4.74 Å². The molecule has 5 nitrogen and oxygen atoms in total. The summed E-state index contributed by atoms with van der Waals surface area (Å²) in [6, 6.07) is 2.40. The minimum Gasteiger partial charge on any atom is -0.497 e. The number of nitrogens with zero attached hydrogens (tertiary/aromatic N) is 1. The summed E-state index contributed by atoms with van der Waals surface area (Å²) >= 11 is 0. The molecule has 1 fully saturated rings. The molecule has 21 heavy (non-hydrogen) atoms. The molecule has 1 amide bonds. The zero-order valence-corrected chi connectivity index (χ0v) is 11.2. The van der Waals surface area contributed by atoms with E-state index in [1.165, 1.54) is 7.11 Å². The van der Waals surface area contributed by atoms with Crippen molar-refractivity contribution in [2.75, 3.05) is 26.7 Å². The lowest BCUT2D eigenvalue weighted by molar-refractivity contribution is -0.274. The normalized spacial score (nSPS) is 21.0. The molecule has 114 valence electrons. The summed E-state index contributed by atoms with van der Waals surface area (Å²) in [7, 11) is 1.35. The van der Waals surface area contributed by atoms with Crippen molar-refractivity contribution in [3.05, 3.63) is 23.3 Å². The van der Waals surface area contributed by atoms with Crippen LogP contribution < -0.4 is 14.8 Å². The second-order valence-electron chi connectivity index (χ2n) is 4.86. The van der Waals surface area contributed by atoms with Gasteiger partial charge in [-0.05, 0) is 11.6 Å². The van der Waals surface area contributed by atoms with Crippen LogP contribution in [0.4, 0.5) is 13.2 Å². The molecule has 1 saturated heterocycles. The van der Waals surface area contributed by atoms with Gasteiger partial charge in [0.05, 0.1) is 18.7 Å². The van der Waals surface area contributed by atoms with E-state index in [2.05, 4.69) is 10.1 Å². The quantitative estimate of drug-likeness (QED) is 0.903. The zero-order valence-electron chi connectivity index (χ0n) is 11.2. The molecule has 1 N–H and O–H groups in total. The number of ether oxygens (including phenoxy) is 2. The molecule has 2 aliphatic heterocycles. The Kier molecular flexibility index (Phi) is 3.20. The van der Waals surface area contributed by atoms with Gasteiger partial charge in [-0.1, -0.05) is 0 Å². The van der Waals surface area contributed by atoms with Gasteiger partial charge in [-0.25, -0.2) is 0 Å². The van der Waals surface area contributed by atoms with Crippen molar-refractivity contribution in [2.24, 2.45) is 0 Å². The first-order chi connectivity index (χ1) is 9.90. The number of methoxy groups -OCH3 is 1. The molecule has 0 aliphatic carbocycles. The van der Waals surface area contributed by atoms with Crippen LogP contribution in [-0.2, 0) is 0 Å². The molecular formula is C13H13F3N2O3. The SMILES string of the molecule is COc1cc(OC(F)(F)F)c2c(c1)[C@H]1CNCCN1C2=O. The fourth-order valence-corrected chi connectivity index (χ4v) is 2.79. The van der Waals surface area contributed by atoms with Gasteiger partial charge in [-0.15, -0.1) is 13.2 Å². The van der Waals surface area contributed by atoms with E-state index in [1.807, 2.05) is 0 Å².